The Hall–Kier alpha value is -0.410. The van der Waals surface area contributed by atoms with Crippen molar-refractivity contribution in [2.75, 3.05) is 13.7 Å². The van der Waals surface area contributed by atoms with E-state index in [-0.39, 0.29) is 30.3 Å². The number of carbonyl (C=O) groups excluding carboxylic acids is 1. The van der Waals surface area contributed by atoms with E-state index in [0.717, 1.165) is 6.42 Å². The second-order valence-electron chi connectivity index (χ2n) is 3.43. The number of aliphatic hydroxyl groups is 1. The minimum atomic E-state index is -0.130. The highest BCUT2D eigenvalue weighted by atomic mass is 16.5. The van der Waals surface area contributed by atoms with Crippen molar-refractivity contribution in [2.45, 2.75) is 33.3 Å². The molecule has 0 saturated carbocycles. The fourth-order valence-electron chi connectivity index (χ4n) is 1.54. The molecule has 0 bridgehead atoms. The Morgan fingerprint density at radius 3 is 2.31 bits per heavy atom. The lowest BCUT2D eigenvalue weighted by Gasteiger charge is -2.27. The molecule has 0 rings (SSSR count). The van der Waals surface area contributed by atoms with E-state index in [1.165, 1.54) is 0 Å². The fourth-order valence-corrected chi connectivity index (χ4v) is 1.54. The Kier molecular flexibility index (Phi) is 5.91. The molecule has 0 amide bonds. The van der Waals surface area contributed by atoms with E-state index in [9.17, 15) is 4.79 Å². The van der Waals surface area contributed by atoms with Crippen LogP contribution in [0.1, 0.15) is 27.2 Å². The van der Waals surface area contributed by atoms with Gasteiger partial charge in [0, 0.05) is 25.6 Å². The topological polar surface area (TPSA) is 46.5 Å². The standard InChI is InChI=1S/C10H20O3/c1-5-10(13-4)9(6-11)7(2)8(3)12/h7,9-11H,5-6H2,1-4H3. The third kappa shape index (κ3) is 3.44. The van der Waals surface area contributed by atoms with Crippen LogP contribution in [0.4, 0.5) is 0 Å². The molecule has 3 nitrogen and oxygen atoms in total. The van der Waals surface area contributed by atoms with Crippen LogP contribution in [0.3, 0.4) is 0 Å². The summed E-state index contributed by atoms with van der Waals surface area (Å²) in [5.41, 5.74) is 0. The zero-order valence-corrected chi connectivity index (χ0v) is 8.91. The summed E-state index contributed by atoms with van der Waals surface area (Å²) in [5, 5.41) is 9.15. The zero-order valence-electron chi connectivity index (χ0n) is 8.91. The summed E-state index contributed by atoms with van der Waals surface area (Å²) in [6.07, 6.45) is 0.795. The molecule has 0 heterocycles. The molecule has 1 N–H and O–H groups in total. The minimum absolute atomic E-state index is 0.00704. The van der Waals surface area contributed by atoms with Crippen LogP contribution in [0.25, 0.3) is 0 Å². The lowest BCUT2D eigenvalue weighted by molar-refractivity contribution is -0.125. The SMILES string of the molecule is CCC(OC)C(CO)C(C)C(C)=O. The van der Waals surface area contributed by atoms with Crippen molar-refractivity contribution in [3.8, 4) is 0 Å². The molecule has 0 aliphatic carbocycles. The quantitative estimate of drug-likeness (QED) is 0.682. The first-order chi connectivity index (χ1) is 6.08. The predicted octanol–water partition coefficient (Wildman–Crippen LogP) is 1.24. The molecule has 0 aliphatic heterocycles. The van der Waals surface area contributed by atoms with Crippen LogP contribution in [-0.4, -0.2) is 30.7 Å². The fraction of sp³-hybridized carbons (Fsp3) is 0.900. The third-order valence-corrected chi connectivity index (χ3v) is 2.68. The third-order valence-electron chi connectivity index (χ3n) is 2.68. The average Bonchev–Trinajstić information content (AvgIpc) is 2.12. The van der Waals surface area contributed by atoms with E-state index in [4.69, 9.17) is 9.84 Å². The van der Waals surface area contributed by atoms with Crippen molar-refractivity contribution in [1.82, 2.24) is 0 Å². The normalized spacial score (nSPS) is 17.9. The van der Waals surface area contributed by atoms with Gasteiger partial charge in [-0.25, -0.2) is 0 Å². The first-order valence-electron chi connectivity index (χ1n) is 4.72. The lowest BCUT2D eigenvalue weighted by Crippen LogP contribution is -2.33. The largest absolute Gasteiger partial charge is 0.396 e. The first kappa shape index (κ1) is 12.6. The van der Waals surface area contributed by atoms with Crippen LogP contribution in [-0.2, 0) is 9.53 Å². The van der Waals surface area contributed by atoms with E-state index < -0.39 is 0 Å². The van der Waals surface area contributed by atoms with Crippen LogP contribution in [0.2, 0.25) is 0 Å². The molecule has 0 radical (unpaired) electrons. The van der Waals surface area contributed by atoms with Crippen LogP contribution in [0.5, 0.6) is 0 Å². The minimum Gasteiger partial charge on any atom is -0.396 e. The number of methoxy groups -OCH3 is 1. The molecule has 0 aromatic heterocycles. The number of Topliss-reactive ketones (excluding diaryl/α,β-unsaturated/α-hetero) is 1. The molecule has 0 aromatic rings. The molecule has 3 heteroatoms. The van der Waals surface area contributed by atoms with Gasteiger partial charge < -0.3 is 9.84 Å². The van der Waals surface area contributed by atoms with E-state index in [2.05, 4.69) is 0 Å². The Morgan fingerprint density at radius 1 is 1.54 bits per heavy atom. The van der Waals surface area contributed by atoms with Gasteiger partial charge in [0.1, 0.15) is 5.78 Å². The van der Waals surface area contributed by atoms with Crippen molar-refractivity contribution in [1.29, 1.82) is 0 Å². The van der Waals surface area contributed by atoms with Crippen molar-refractivity contribution in [3.63, 3.8) is 0 Å². The highest BCUT2D eigenvalue weighted by Crippen LogP contribution is 2.20. The van der Waals surface area contributed by atoms with E-state index in [1.807, 2.05) is 13.8 Å². The number of hydrogen-bond donors (Lipinski definition) is 1. The maximum atomic E-state index is 11.1. The lowest BCUT2D eigenvalue weighted by atomic mass is 9.86. The van der Waals surface area contributed by atoms with E-state index in [0.29, 0.717) is 0 Å². The van der Waals surface area contributed by atoms with Gasteiger partial charge in [-0.2, -0.15) is 0 Å². The summed E-state index contributed by atoms with van der Waals surface area (Å²) in [7, 11) is 1.61. The molecular formula is C10H20O3. The molecule has 3 unspecified atom stereocenters. The Labute approximate surface area is 80.1 Å². The van der Waals surface area contributed by atoms with Crippen molar-refractivity contribution in [2.24, 2.45) is 11.8 Å². The molecule has 0 aliphatic rings. The second-order valence-corrected chi connectivity index (χ2v) is 3.43. The molecule has 13 heavy (non-hydrogen) atoms. The smallest absolute Gasteiger partial charge is 0.133 e. The summed E-state index contributed by atoms with van der Waals surface area (Å²) in [6, 6.07) is 0. The van der Waals surface area contributed by atoms with Crippen molar-refractivity contribution < 1.29 is 14.6 Å². The Balaban J connectivity index is 4.37. The van der Waals surface area contributed by atoms with Gasteiger partial charge >= 0.3 is 0 Å². The van der Waals surface area contributed by atoms with Gasteiger partial charge in [-0.05, 0) is 13.3 Å². The first-order valence-corrected chi connectivity index (χ1v) is 4.72. The number of carbonyl (C=O) groups is 1. The van der Waals surface area contributed by atoms with Gasteiger partial charge in [-0.3, -0.25) is 4.79 Å². The number of rotatable bonds is 6. The van der Waals surface area contributed by atoms with Gasteiger partial charge in [-0.15, -0.1) is 0 Å². The molecule has 0 fully saturated rings. The van der Waals surface area contributed by atoms with Crippen molar-refractivity contribution >= 4 is 5.78 Å². The monoisotopic (exact) mass is 188 g/mol. The summed E-state index contributed by atoms with van der Waals surface area (Å²) in [5.74, 6) is -0.100. The Morgan fingerprint density at radius 2 is 2.08 bits per heavy atom. The average molecular weight is 188 g/mol. The maximum absolute atomic E-state index is 11.1. The van der Waals surface area contributed by atoms with Crippen LogP contribution in [0, 0.1) is 11.8 Å². The van der Waals surface area contributed by atoms with Gasteiger partial charge in [0.15, 0.2) is 0 Å². The molecule has 0 saturated heterocycles. The van der Waals surface area contributed by atoms with Gasteiger partial charge in [0.05, 0.1) is 6.10 Å². The zero-order chi connectivity index (χ0) is 10.4. The summed E-state index contributed by atoms with van der Waals surface area (Å²) >= 11 is 0. The number of ketones is 1. The van der Waals surface area contributed by atoms with Crippen molar-refractivity contribution in [3.05, 3.63) is 0 Å². The summed E-state index contributed by atoms with van der Waals surface area (Å²) in [6.45, 7) is 5.39. The van der Waals surface area contributed by atoms with Crippen LogP contribution >= 0.6 is 0 Å². The molecule has 3 atom stereocenters. The van der Waals surface area contributed by atoms with Gasteiger partial charge in [0.2, 0.25) is 0 Å². The number of ether oxygens (including phenoxy) is 1. The van der Waals surface area contributed by atoms with Gasteiger partial charge in [-0.1, -0.05) is 13.8 Å². The van der Waals surface area contributed by atoms with Crippen LogP contribution in [0.15, 0.2) is 0 Å². The molecular weight excluding hydrogens is 168 g/mol. The van der Waals surface area contributed by atoms with E-state index in [1.54, 1.807) is 14.0 Å². The second kappa shape index (κ2) is 6.11. The maximum Gasteiger partial charge on any atom is 0.133 e. The molecule has 0 spiro atoms. The van der Waals surface area contributed by atoms with E-state index >= 15 is 0 Å². The van der Waals surface area contributed by atoms with Crippen LogP contribution < -0.4 is 0 Å². The highest BCUT2D eigenvalue weighted by molar-refractivity contribution is 5.78. The number of aliphatic hydroxyl groups excluding tert-OH is 1. The predicted molar refractivity (Wildman–Crippen MR) is 51.5 cm³/mol. The summed E-state index contributed by atoms with van der Waals surface area (Å²) < 4.78 is 5.21. The molecule has 0 aromatic carbocycles. The Bertz CT molecular complexity index is 152. The van der Waals surface area contributed by atoms with Gasteiger partial charge in [0.25, 0.3) is 0 Å². The molecule has 78 valence electrons. The number of hydrogen-bond acceptors (Lipinski definition) is 3. The highest BCUT2D eigenvalue weighted by Gasteiger charge is 2.27. The summed E-state index contributed by atoms with van der Waals surface area (Å²) in [4.78, 5) is 11.1.